The average Bonchev–Trinajstić information content (AvgIpc) is 1.59. The molecule has 1 aliphatic heterocycles. The Balaban J connectivity index is 2.79. The highest BCUT2D eigenvalue weighted by Crippen LogP contribution is 2.09. The second-order valence-electron chi connectivity index (χ2n) is 1.68. The van der Waals surface area contributed by atoms with Gasteiger partial charge in [0.2, 0.25) is 5.91 Å². The smallest absolute Gasteiger partial charge is 0.251 e. The average molecular weight is 146 g/mol. The predicted molar refractivity (Wildman–Crippen MR) is 31.7 cm³/mol. The van der Waals surface area contributed by atoms with Gasteiger partial charge in [-0.25, -0.2) is 0 Å². The first kappa shape index (κ1) is 6.29. The Morgan fingerprint density at radius 3 is 2.67 bits per heavy atom. The van der Waals surface area contributed by atoms with Crippen LogP contribution < -0.4 is 5.32 Å². The molecule has 1 heterocycles. The number of nitrogens with one attached hydrogen (secondary N) is 1. The van der Waals surface area contributed by atoms with Gasteiger partial charge in [0.1, 0.15) is 0 Å². The van der Waals surface area contributed by atoms with Crippen LogP contribution in [0, 0.1) is 0 Å². The predicted octanol–water partition coefficient (Wildman–Crippen LogP) is 0.156. The van der Waals surface area contributed by atoms with Crippen LogP contribution in [0.4, 0.5) is 0 Å². The molecule has 0 saturated heterocycles. The third kappa shape index (κ3) is 1.54. The van der Waals surface area contributed by atoms with Crippen molar-refractivity contribution in [1.29, 1.82) is 0 Å². The van der Waals surface area contributed by atoms with Crippen molar-refractivity contribution in [3.05, 3.63) is 11.1 Å². The molecule has 9 heavy (non-hydrogen) atoms. The first-order valence-corrected chi connectivity index (χ1v) is 2.76. The molecule has 2 amide bonds. The van der Waals surface area contributed by atoms with Crippen LogP contribution in [0.1, 0.15) is 6.42 Å². The van der Waals surface area contributed by atoms with Crippen LogP contribution >= 0.6 is 11.6 Å². The van der Waals surface area contributed by atoms with Crippen molar-refractivity contribution in [3.8, 4) is 0 Å². The number of carbonyl (C=O) groups is 2. The summed E-state index contributed by atoms with van der Waals surface area (Å²) in [7, 11) is 0. The molecule has 0 aromatic carbocycles. The molecular formula is C5H4ClNO2. The van der Waals surface area contributed by atoms with Crippen LogP contribution in [0.2, 0.25) is 0 Å². The van der Waals surface area contributed by atoms with Crippen molar-refractivity contribution in [2.45, 2.75) is 6.42 Å². The molecule has 0 bridgehead atoms. The number of rotatable bonds is 0. The molecule has 0 spiro atoms. The number of imide groups is 1. The summed E-state index contributed by atoms with van der Waals surface area (Å²) >= 11 is 5.39. The molecule has 0 aliphatic carbocycles. The maximum absolute atomic E-state index is 10.4. The zero-order chi connectivity index (χ0) is 6.85. The minimum Gasteiger partial charge on any atom is -0.292 e. The molecule has 0 saturated carbocycles. The SMILES string of the molecule is O=C1C=C(Cl)CC(=O)N1. The summed E-state index contributed by atoms with van der Waals surface area (Å²) in [5.74, 6) is -0.774. The van der Waals surface area contributed by atoms with Gasteiger partial charge in [-0.05, 0) is 0 Å². The Morgan fingerprint density at radius 1 is 1.56 bits per heavy atom. The molecular weight excluding hydrogens is 142 g/mol. The monoisotopic (exact) mass is 145 g/mol. The highest BCUT2D eigenvalue weighted by Gasteiger charge is 2.13. The summed E-state index contributed by atoms with van der Waals surface area (Å²) in [5, 5.41) is 2.37. The van der Waals surface area contributed by atoms with Gasteiger partial charge in [0.25, 0.3) is 5.91 Å². The lowest BCUT2D eigenvalue weighted by Crippen LogP contribution is -2.32. The van der Waals surface area contributed by atoms with E-state index in [1.54, 1.807) is 0 Å². The normalized spacial score (nSPS) is 19.0. The van der Waals surface area contributed by atoms with E-state index in [0.717, 1.165) is 0 Å². The Bertz CT molecular complexity index is 197. The van der Waals surface area contributed by atoms with Crippen LogP contribution in [-0.4, -0.2) is 11.8 Å². The second-order valence-corrected chi connectivity index (χ2v) is 2.17. The van der Waals surface area contributed by atoms with Gasteiger partial charge >= 0.3 is 0 Å². The van der Waals surface area contributed by atoms with Gasteiger partial charge in [0, 0.05) is 11.1 Å². The zero-order valence-corrected chi connectivity index (χ0v) is 5.23. The van der Waals surface area contributed by atoms with Crippen molar-refractivity contribution in [1.82, 2.24) is 5.32 Å². The number of amides is 2. The fourth-order valence-corrected chi connectivity index (χ4v) is 0.785. The van der Waals surface area contributed by atoms with Gasteiger partial charge in [-0.2, -0.15) is 0 Å². The summed E-state index contributed by atoms with van der Waals surface area (Å²) in [6.07, 6.45) is 1.32. The largest absolute Gasteiger partial charge is 0.292 e. The van der Waals surface area contributed by atoms with Crippen LogP contribution in [-0.2, 0) is 9.59 Å². The summed E-state index contributed by atoms with van der Waals surface area (Å²) in [6.45, 7) is 0. The van der Waals surface area contributed by atoms with Gasteiger partial charge in [0.15, 0.2) is 0 Å². The minimum atomic E-state index is -0.434. The first-order chi connectivity index (χ1) is 4.18. The zero-order valence-electron chi connectivity index (χ0n) is 4.48. The molecule has 4 heteroatoms. The van der Waals surface area contributed by atoms with E-state index in [4.69, 9.17) is 11.6 Å². The van der Waals surface area contributed by atoms with Crippen molar-refractivity contribution >= 4 is 23.4 Å². The maximum atomic E-state index is 10.4. The van der Waals surface area contributed by atoms with Gasteiger partial charge < -0.3 is 0 Å². The number of halogens is 1. The van der Waals surface area contributed by atoms with Crippen LogP contribution in [0.5, 0.6) is 0 Å². The number of hydrogen-bond donors (Lipinski definition) is 1. The molecule has 3 nitrogen and oxygen atoms in total. The topological polar surface area (TPSA) is 46.2 Å². The van der Waals surface area contributed by atoms with E-state index in [1.807, 2.05) is 0 Å². The lowest BCUT2D eigenvalue weighted by molar-refractivity contribution is -0.128. The van der Waals surface area contributed by atoms with E-state index in [2.05, 4.69) is 5.32 Å². The number of carbonyl (C=O) groups excluding carboxylic acids is 2. The van der Waals surface area contributed by atoms with Crippen molar-refractivity contribution in [2.75, 3.05) is 0 Å². The van der Waals surface area contributed by atoms with Crippen molar-refractivity contribution < 1.29 is 9.59 Å². The molecule has 0 radical (unpaired) electrons. The molecule has 48 valence electrons. The highest BCUT2D eigenvalue weighted by molar-refractivity contribution is 6.33. The quantitative estimate of drug-likeness (QED) is 0.494. The van der Waals surface area contributed by atoms with E-state index in [1.165, 1.54) is 6.08 Å². The fourth-order valence-electron chi connectivity index (χ4n) is 0.564. The van der Waals surface area contributed by atoms with Gasteiger partial charge in [-0.15, -0.1) is 0 Å². The summed E-state index contributed by atoms with van der Waals surface area (Å²) in [5.41, 5.74) is 0. The lowest BCUT2D eigenvalue weighted by Gasteiger charge is -2.05. The Kier molecular flexibility index (Phi) is 1.53. The van der Waals surface area contributed by atoms with Crippen molar-refractivity contribution in [2.24, 2.45) is 0 Å². The van der Waals surface area contributed by atoms with Crippen LogP contribution in [0.3, 0.4) is 0 Å². The molecule has 0 aromatic heterocycles. The summed E-state index contributed by atoms with van der Waals surface area (Å²) < 4.78 is 0. The number of hydrogen-bond acceptors (Lipinski definition) is 2. The molecule has 1 rings (SSSR count). The Hall–Kier alpha value is -0.830. The third-order valence-corrected chi connectivity index (χ3v) is 1.12. The van der Waals surface area contributed by atoms with Crippen LogP contribution in [0.25, 0.3) is 0 Å². The molecule has 0 aromatic rings. The van der Waals surface area contributed by atoms with Crippen LogP contribution in [0.15, 0.2) is 11.1 Å². The summed E-state index contributed by atoms with van der Waals surface area (Å²) in [6, 6.07) is 0. The molecule has 0 unspecified atom stereocenters. The first-order valence-electron chi connectivity index (χ1n) is 2.38. The third-order valence-electron chi connectivity index (χ3n) is 0.880. The van der Waals surface area contributed by atoms with E-state index in [0.29, 0.717) is 5.03 Å². The van der Waals surface area contributed by atoms with E-state index < -0.39 is 5.91 Å². The molecule has 0 atom stereocenters. The van der Waals surface area contributed by atoms with Crippen molar-refractivity contribution in [3.63, 3.8) is 0 Å². The van der Waals surface area contributed by atoms with Gasteiger partial charge in [0.05, 0.1) is 6.42 Å². The highest BCUT2D eigenvalue weighted by atomic mass is 35.5. The van der Waals surface area contributed by atoms with Gasteiger partial charge in [-0.1, -0.05) is 11.6 Å². The Morgan fingerprint density at radius 2 is 2.22 bits per heavy atom. The molecule has 1 N–H and O–H groups in total. The molecule has 0 fully saturated rings. The van der Waals surface area contributed by atoms with E-state index in [-0.39, 0.29) is 12.3 Å². The van der Waals surface area contributed by atoms with Gasteiger partial charge in [-0.3, -0.25) is 14.9 Å². The lowest BCUT2D eigenvalue weighted by atomic mass is 10.3. The van der Waals surface area contributed by atoms with E-state index in [9.17, 15) is 9.59 Å². The molecule has 1 aliphatic rings. The minimum absolute atomic E-state index is 0.118. The maximum Gasteiger partial charge on any atom is 0.251 e. The fraction of sp³-hybridized carbons (Fsp3) is 0.200. The summed E-state index contributed by atoms with van der Waals surface area (Å²) in [4.78, 5) is 20.8. The standard InChI is InChI=1S/C5H4ClNO2/c6-3-1-4(8)7-5(9)2-3/h1H,2H2,(H,7,8,9). The second kappa shape index (κ2) is 2.19. The Labute approximate surface area is 56.7 Å². The van der Waals surface area contributed by atoms with E-state index >= 15 is 0 Å².